The highest BCUT2D eigenvalue weighted by Gasteiger charge is 2.17. The van der Waals surface area contributed by atoms with Crippen molar-refractivity contribution in [1.29, 1.82) is 0 Å². The quantitative estimate of drug-likeness (QED) is 0.299. The Morgan fingerprint density at radius 1 is 1.05 bits per heavy atom. The number of carbonyl (C=O) groups excluding carboxylic acids is 3. The maximum Gasteiger partial charge on any atom is 0.258 e. The molecule has 10 heteroatoms. The van der Waals surface area contributed by atoms with E-state index in [9.17, 15) is 19.2 Å². The number of pyridine rings is 1. The van der Waals surface area contributed by atoms with Gasteiger partial charge < -0.3 is 20.3 Å². The summed E-state index contributed by atoms with van der Waals surface area (Å²) in [5.41, 5.74) is 5.55. The van der Waals surface area contributed by atoms with Crippen molar-refractivity contribution in [2.75, 3.05) is 25.5 Å². The van der Waals surface area contributed by atoms with Crippen LogP contribution < -0.4 is 25.8 Å². The topological polar surface area (TPSA) is 122 Å². The zero-order chi connectivity index (χ0) is 30.4. The Morgan fingerprint density at radius 3 is 2.50 bits per heavy atom. The van der Waals surface area contributed by atoms with Crippen molar-refractivity contribution in [2.24, 2.45) is 0 Å². The summed E-state index contributed by atoms with van der Waals surface area (Å²) in [5, 5.41) is 5.17. The maximum absolute atomic E-state index is 13.0. The van der Waals surface area contributed by atoms with Crippen molar-refractivity contribution >= 4 is 35.1 Å². The Kier molecular flexibility index (Phi) is 9.16. The SMILES string of the molecule is CNC(=O)c1ccc(C=CC(=O)NCC(=O)N(C)c2ccc(C)c(COc3cccn4c(=O)cc(C)nc34)c2C)cc1. The molecule has 216 valence electrons. The third-order valence-corrected chi connectivity index (χ3v) is 6.94. The minimum Gasteiger partial charge on any atom is -0.485 e. The highest BCUT2D eigenvalue weighted by molar-refractivity contribution is 5.99. The molecule has 0 fully saturated rings. The summed E-state index contributed by atoms with van der Waals surface area (Å²) in [5.74, 6) is -0.423. The number of aromatic nitrogens is 2. The van der Waals surface area contributed by atoms with Gasteiger partial charge in [0.05, 0.1) is 6.54 Å². The number of aryl methyl sites for hydroxylation is 2. The van der Waals surface area contributed by atoms with Gasteiger partial charge in [0, 0.05) is 49.4 Å². The number of likely N-dealkylation sites (N-methyl/N-ethyl adjacent to an activating group) is 1. The number of hydrogen-bond donors (Lipinski definition) is 2. The highest BCUT2D eigenvalue weighted by atomic mass is 16.5. The Balaban J connectivity index is 1.41. The van der Waals surface area contributed by atoms with Gasteiger partial charge in [-0.3, -0.25) is 23.6 Å². The van der Waals surface area contributed by atoms with E-state index in [1.807, 2.05) is 26.0 Å². The lowest BCUT2D eigenvalue weighted by molar-refractivity contribution is -0.122. The van der Waals surface area contributed by atoms with Gasteiger partial charge >= 0.3 is 0 Å². The summed E-state index contributed by atoms with van der Waals surface area (Å²) < 4.78 is 7.57. The summed E-state index contributed by atoms with van der Waals surface area (Å²) >= 11 is 0. The fraction of sp³-hybridized carbons (Fsp3) is 0.219. The molecule has 4 aromatic rings. The van der Waals surface area contributed by atoms with Gasteiger partial charge in [-0.2, -0.15) is 0 Å². The van der Waals surface area contributed by atoms with Crippen LogP contribution in [-0.2, 0) is 16.2 Å². The molecule has 0 atom stereocenters. The maximum atomic E-state index is 13.0. The summed E-state index contributed by atoms with van der Waals surface area (Å²) in [7, 11) is 3.22. The summed E-state index contributed by atoms with van der Waals surface area (Å²) in [4.78, 5) is 55.3. The Bertz CT molecular complexity index is 1740. The predicted molar refractivity (Wildman–Crippen MR) is 162 cm³/mol. The second-order valence-corrected chi connectivity index (χ2v) is 9.80. The summed E-state index contributed by atoms with van der Waals surface area (Å²) in [6, 6.07) is 15.5. The van der Waals surface area contributed by atoms with Gasteiger partial charge in [0.2, 0.25) is 11.8 Å². The summed E-state index contributed by atoms with van der Waals surface area (Å²) in [6.45, 7) is 5.66. The second kappa shape index (κ2) is 12.9. The molecule has 0 saturated carbocycles. The third-order valence-electron chi connectivity index (χ3n) is 6.94. The fourth-order valence-corrected chi connectivity index (χ4v) is 4.48. The number of anilines is 1. The molecule has 3 amide bonds. The first-order valence-corrected chi connectivity index (χ1v) is 13.3. The molecule has 2 aromatic heterocycles. The average Bonchev–Trinajstić information content (AvgIpc) is 2.98. The average molecular weight is 568 g/mol. The number of fused-ring (bicyclic) bond motifs is 1. The third kappa shape index (κ3) is 6.72. The molecular formula is C32H33N5O5. The van der Waals surface area contributed by atoms with Gasteiger partial charge in [0.25, 0.3) is 11.5 Å². The first-order chi connectivity index (χ1) is 20.1. The minimum absolute atomic E-state index is 0.184. The largest absolute Gasteiger partial charge is 0.485 e. The number of nitrogens with zero attached hydrogens (tertiary/aromatic N) is 3. The Morgan fingerprint density at radius 2 is 1.79 bits per heavy atom. The molecular weight excluding hydrogens is 534 g/mol. The van der Waals surface area contributed by atoms with E-state index in [2.05, 4.69) is 15.6 Å². The van der Waals surface area contributed by atoms with Crippen LogP contribution in [0.1, 0.15) is 38.3 Å². The number of amides is 3. The van der Waals surface area contributed by atoms with E-state index in [-0.39, 0.29) is 30.5 Å². The van der Waals surface area contributed by atoms with Crippen molar-refractivity contribution in [3.8, 4) is 5.75 Å². The lowest BCUT2D eigenvalue weighted by atomic mass is 10.0. The Hall–Kier alpha value is -5.25. The number of hydrogen-bond acceptors (Lipinski definition) is 6. The van der Waals surface area contributed by atoms with Gasteiger partial charge in [-0.1, -0.05) is 18.2 Å². The molecule has 2 N–H and O–H groups in total. The number of rotatable bonds is 9. The standard InChI is InChI=1S/C32H33N5O5/c1-20-8-14-26(22(3)25(20)19-42-27-7-6-16-37-29(39)17-21(2)35-31(27)37)36(5)30(40)18-34-28(38)15-11-23-9-12-24(13-10-23)32(41)33-4/h6-17H,18-19H2,1-5H3,(H,33,41)(H,34,38). The predicted octanol–water partition coefficient (Wildman–Crippen LogP) is 3.35. The molecule has 0 radical (unpaired) electrons. The van der Waals surface area contributed by atoms with Crippen molar-refractivity contribution in [3.63, 3.8) is 0 Å². The van der Waals surface area contributed by atoms with Crippen LogP contribution in [0.5, 0.6) is 5.75 Å². The number of nitrogens with one attached hydrogen (secondary N) is 2. The van der Waals surface area contributed by atoms with Crippen LogP contribution in [0.3, 0.4) is 0 Å². The molecule has 10 nitrogen and oxygen atoms in total. The van der Waals surface area contributed by atoms with Crippen molar-refractivity contribution in [1.82, 2.24) is 20.0 Å². The van der Waals surface area contributed by atoms with E-state index in [1.165, 1.54) is 21.4 Å². The van der Waals surface area contributed by atoms with E-state index >= 15 is 0 Å². The molecule has 0 spiro atoms. The minimum atomic E-state index is -0.417. The first kappa shape index (κ1) is 29.7. The van der Waals surface area contributed by atoms with Crippen LogP contribution in [0.2, 0.25) is 0 Å². The normalized spacial score (nSPS) is 11.0. The second-order valence-electron chi connectivity index (χ2n) is 9.80. The van der Waals surface area contributed by atoms with Crippen molar-refractivity contribution in [3.05, 3.63) is 111 Å². The lowest BCUT2D eigenvalue weighted by Gasteiger charge is -2.23. The van der Waals surface area contributed by atoms with E-state index in [1.54, 1.807) is 69.7 Å². The van der Waals surface area contributed by atoms with E-state index in [4.69, 9.17) is 4.74 Å². The van der Waals surface area contributed by atoms with Crippen molar-refractivity contribution < 1.29 is 19.1 Å². The van der Waals surface area contributed by atoms with E-state index < -0.39 is 5.91 Å². The van der Waals surface area contributed by atoms with Crippen LogP contribution in [0, 0.1) is 20.8 Å². The zero-order valence-electron chi connectivity index (χ0n) is 24.2. The van der Waals surface area contributed by atoms with Gasteiger partial charge in [0.1, 0.15) is 6.61 Å². The van der Waals surface area contributed by atoms with Crippen LogP contribution in [0.25, 0.3) is 11.7 Å². The highest BCUT2D eigenvalue weighted by Crippen LogP contribution is 2.27. The molecule has 0 aliphatic rings. The smallest absolute Gasteiger partial charge is 0.258 e. The molecule has 0 unspecified atom stereocenters. The zero-order valence-corrected chi connectivity index (χ0v) is 24.2. The van der Waals surface area contributed by atoms with Gasteiger partial charge in [-0.05, 0) is 79.4 Å². The van der Waals surface area contributed by atoms with Crippen LogP contribution >= 0.6 is 0 Å². The molecule has 2 heterocycles. The van der Waals surface area contributed by atoms with E-state index in [0.717, 1.165) is 22.3 Å². The molecule has 2 aromatic carbocycles. The molecule has 0 saturated heterocycles. The van der Waals surface area contributed by atoms with Crippen LogP contribution in [0.4, 0.5) is 5.69 Å². The molecule has 0 bridgehead atoms. The number of benzene rings is 2. The Labute approximate surface area is 243 Å². The number of ether oxygens (including phenoxy) is 1. The molecule has 0 aliphatic carbocycles. The molecule has 42 heavy (non-hydrogen) atoms. The monoisotopic (exact) mass is 567 g/mol. The molecule has 0 aliphatic heterocycles. The van der Waals surface area contributed by atoms with E-state index in [0.29, 0.717) is 28.3 Å². The molecule has 4 rings (SSSR count). The summed E-state index contributed by atoms with van der Waals surface area (Å²) in [6.07, 6.45) is 4.60. The first-order valence-electron chi connectivity index (χ1n) is 13.3. The van der Waals surface area contributed by atoms with Gasteiger partial charge in [-0.25, -0.2) is 4.98 Å². The van der Waals surface area contributed by atoms with Crippen molar-refractivity contribution in [2.45, 2.75) is 27.4 Å². The fourth-order valence-electron chi connectivity index (χ4n) is 4.48. The van der Waals surface area contributed by atoms with Crippen LogP contribution in [0.15, 0.2) is 71.7 Å². The van der Waals surface area contributed by atoms with Crippen LogP contribution in [-0.4, -0.2) is 47.7 Å². The van der Waals surface area contributed by atoms with Gasteiger partial charge in [0.15, 0.2) is 11.4 Å². The van der Waals surface area contributed by atoms with Gasteiger partial charge in [-0.15, -0.1) is 0 Å². The number of carbonyl (C=O) groups is 3. The lowest BCUT2D eigenvalue weighted by Crippen LogP contribution is -2.38.